The number of nitrogens with zero attached hydrogens (tertiary/aromatic N) is 2. The van der Waals surface area contributed by atoms with E-state index in [1.54, 1.807) is 17.1 Å². The molecule has 1 N–H and O–H groups in total. The first-order valence-corrected chi connectivity index (χ1v) is 7.20. The Morgan fingerprint density at radius 3 is 2.85 bits per heavy atom. The number of rotatable bonds is 2. The largest absolute Gasteiger partial charge is 0.490 e. The van der Waals surface area contributed by atoms with E-state index in [1.165, 1.54) is 0 Å². The molecule has 0 amide bonds. The van der Waals surface area contributed by atoms with Crippen LogP contribution in [0, 0.1) is 0 Å². The summed E-state index contributed by atoms with van der Waals surface area (Å²) in [4.78, 5) is 0. The highest BCUT2D eigenvalue weighted by Crippen LogP contribution is 2.40. The Morgan fingerprint density at radius 2 is 2.10 bits per heavy atom. The number of aliphatic hydroxyl groups is 1. The number of aromatic nitrogens is 2. The van der Waals surface area contributed by atoms with E-state index in [0.29, 0.717) is 24.7 Å². The predicted molar refractivity (Wildman–Crippen MR) is 77.0 cm³/mol. The normalized spacial score (nSPS) is 15.8. The number of aliphatic hydroxyl groups excluding tert-OH is 1. The first-order chi connectivity index (χ1) is 9.65. The maximum Gasteiger partial charge on any atom is 0.175 e. The topological polar surface area (TPSA) is 56.5 Å². The molecule has 0 bridgehead atoms. The minimum absolute atomic E-state index is 0.617. The molecule has 0 aliphatic carbocycles. The highest BCUT2D eigenvalue weighted by atomic mass is 79.9. The monoisotopic (exact) mass is 338 g/mol. The Balaban J connectivity index is 1.98. The zero-order chi connectivity index (χ0) is 14.1. The maximum absolute atomic E-state index is 10.4. The van der Waals surface area contributed by atoms with Crippen molar-refractivity contribution in [2.75, 3.05) is 13.2 Å². The van der Waals surface area contributed by atoms with Crippen LogP contribution >= 0.6 is 15.9 Å². The number of benzene rings is 1. The van der Waals surface area contributed by atoms with Crippen LogP contribution in [-0.4, -0.2) is 28.1 Å². The fourth-order valence-electron chi connectivity index (χ4n) is 2.18. The van der Waals surface area contributed by atoms with Gasteiger partial charge in [0.05, 0.1) is 23.9 Å². The zero-order valence-electron chi connectivity index (χ0n) is 11.0. The van der Waals surface area contributed by atoms with Gasteiger partial charge in [-0.1, -0.05) is 0 Å². The third-order valence-electron chi connectivity index (χ3n) is 3.18. The lowest BCUT2D eigenvalue weighted by Gasteiger charge is -2.14. The summed E-state index contributed by atoms with van der Waals surface area (Å²) in [7, 11) is 1.82. The summed E-state index contributed by atoms with van der Waals surface area (Å²) < 4.78 is 13.8. The molecule has 0 saturated carbocycles. The van der Waals surface area contributed by atoms with Gasteiger partial charge in [0, 0.05) is 25.2 Å². The molecule has 6 heteroatoms. The van der Waals surface area contributed by atoms with Crippen LogP contribution in [0.4, 0.5) is 0 Å². The lowest BCUT2D eigenvalue weighted by Crippen LogP contribution is -2.01. The van der Waals surface area contributed by atoms with Gasteiger partial charge < -0.3 is 14.6 Å². The van der Waals surface area contributed by atoms with Crippen LogP contribution in [-0.2, 0) is 7.05 Å². The molecule has 0 fully saturated rings. The van der Waals surface area contributed by atoms with E-state index in [2.05, 4.69) is 21.0 Å². The predicted octanol–water partition coefficient (Wildman–Crippen LogP) is 2.43. The second-order valence-corrected chi connectivity index (χ2v) is 5.58. The van der Waals surface area contributed by atoms with Gasteiger partial charge in [-0.3, -0.25) is 4.68 Å². The van der Waals surface area contributed by atoms with Crippen LogP contribution in [0.1, 0.15) is 23.7 Å². The van der Waals surface area contributed by atoms with Crippen molar-refractivity contribution in [3.05, 3.63) is 40.1 Å². The Labute approximate surface area is 125 Å². The fourth-order valence-corrected chi connectivity index (χ4v) is 2.76. The summed E-state index contributed by atoms with van der Waals surface area (Å²) in [6.45, 7) is 1.25. The van der Waals surface area contributed by atoms with Crippen molar-refractivity contribution in [3.63, 3.8) is 0 Å². The molecule has 1 aliphatic heterocycles. The number of aryl methyl sites for hydroxylation is 1. The van der Waals surface area contributed by atoms with Crippen LogP contribution in [0.25, 0.3) is 0 Å². The highest BCUT2D eigenvalue weighted by Gasteiger charge is 2.20. The van der Waals surface area contributed by atoms with Crippen molar-refractivity contribution < 1.29 is 14.6 Å². The second-order valence-electron chi connectivity index (χ2n) is 4.73. The smallest absolute Gasteiger partial charge is 0.175 e. The average Bonchev–Trinajstić information content (AvgIpc) is 2.72. The third-order valence-corrected chi connectivity index (χ3v) is 3.77. The van der Waals surface area contributed by atoms with Crippen molar-refractivity contribution >= 4 is 15.9 Å². The molecule has 2 heterocycles. The molecule has 0 saturated heterocycles. The third kappa shape index (κ3) is 2.53. The zero-order valence-corrected chi connectivity index (χ0v) is 12.6. The van der Waals surface area contributed by atoms with Gasteiger partial charge >= 0.3 is 0 Å². The molecule has 1 atom stereocenters. The molecule has 0 spiro atoms. The Bertz CT molecular complexity index is 627. The van der Waals surface area contributed by atoms with E-state index in [1.807, 2.05) is 19.2 Å². The minimum Gasteiger partial charge on any atom is -0.490 e. The average molecular weight is 339 g/mol. The van der Waals surface area contributed by atoms with Crippen molar-refractivity contribution in [3.8, 4) is 11.5 Å². The van der Waals surface area contributed by atoms with Crippen molar-refractivity contribution in [2.45, 2.75) is 12.5 Å². The fraction of sp³-hybridized carbons (Fsp3) is 0.357. The van der Waals surface area contributed by atoms with Crippen molar-refractivity contribution in [1.82, 2.24) is 9.78 Å². The molecule has 2 aromatic rings. The second kappa shape index (κ2) is 5.46. The Morgan fingerprint density at radius 1 is 1.30 bits per heavy atom. The quantitative estimate of drug-likeness (QED) is 0.913. The number of ether oxygens (including phenoxy) is 2. The van der Waals surface area contributed by atoms with Crippen LogP contribution in [0.15, 0.2) is 29.0 Å². The summed E-state index contributed by atoms with van der Waals surface area (Å²) in [6.07, 6.45) is 3.56. The summed E-state index contributed by atoms with van der Waals surface area (Å²) in [5.41, 5.74) is 1.49. The van der Waals surface area contributed by atoms with Gasteiger partial charge in [-0.05, 0) is 33.6 Å². The van der Waals surface area contributed by atoms with Crippen LogP contribution < -0.4 is 9.47 Å². The molecule has 5 nitrogen and oxygen atoms in total. The standard InChI is InChI=1S/C14H15BrN2O3/c1-17-8-10(7-16-17)13(18)9-5-11(15)14-12(6-9)19-3-2-4-20-14/h5-8,13,18H,2-4H2,1H3. The number of fused-ring (bicyclic) bond motifs is 1. The van der Waals surface area contributed by atoms with E-state index in [-0.39, 0.29) is 0 Å². The van der Waals surface area contributed by atoms with E-state index >= 15 is 0 Å². The minimum atomic E-state index is -0.739. The molecule has 20 heavy (non-hydrogen) atoms. The van der Waals surface area contributed by atoms with E-state index in [0.717, 1.165) is 22.0 Å². The lowest BCUT2D eigenvalue weighted by molar-refractivity contribution is 0.219. The molecule has 3 rings (SSSR count). The van der Waals surface area contributed by atoms with Gasteiger partial charge in [0.15, 0.2) is 11.5 Å². The number of halogens is 1. The first kappa shape index (κ1) is 13.5. The molecule has 0 radical (unpaired) electrons. The van der Waals surface area contributed by atoms with Gasteiger partial charge in [0.1, 0.15) is 6.10 Å². The maximum atomic E-state index is 10.4. The summed E-state index contributed by atoms with van der Waals surface area (Å²) >= 11 is 3.48. The lowest BCUT2D eigenvalue weighted by atomic mass is 10.0. The molecule has 1 aromatic heterocycles. The first-order valence-electron chi connectivity index (χ1n) is 6.41. The molecule has 1 unspecified atom stereocenters. The van der Waals surface area contributed by atoms with Gasteiger partial charge in [-0.15, -0.1) is 0 Å². The van der Waals surface area contributed by atoms with Crippen LogP contribution in [0.5, 0.6) is 11.5 Å². The van der Waals surface area contributed by atoms with Gasteiger partial charge in [-0.25, -0.2) is 0 Å². The van der Waals surface area contributed by atoms with Crippen LogP contribution in [0.3, 0.4) is 0 Å². The number of hydrogen-bond donors (Lipinski definition) is 1. The van der Waals surface area contributed by atoms with Gasteiger partial charge in [0.2, 0.25) is 0 Å². The summed E-state index contributed by atoms with van der Waals surface area (Å²) in [5, 5.41) is 14.5. The van der Waals surface area contributed by atoms with E-state index in [4.69, 9.17) is 9.47 Å². The molecular formula is C14H15BrN2O3. The highest BCUT2D eigenvalue weighted by molar-refractivity contribution is 9.10. The van der Waals surface area contributed by atoms with Gasteiger partial charge in [-0.2, -0.15) is 5.10 Å². The molecule has 1 aliphatic rings. The van der Waals surface area contributed by atoms with E-state index < -0.39 is 6.10 Å². The molecule has 1 aromatic carbocycles. The van der Waals surface area contributed by atoms with Crippen molar-refractivity contribution in [2.24, 2.45) is 7.05 Å². The molecule has 106 valence electrons. The van der Waals surface area contributed by atoms with Gasteiger partial charge in [0.25, 0.3) is 0 Å². The molecular weight excluding hydrogens is 324 g/mol. The summed E-state index contributed by atoms with van der Waals surface area (Å²) in [6, 6.07) is 3.67. The Hall–Kier alpha value is -1.53. The van der Waals surface area contributed by atoms with Crippen LogP contribution in [0.2, 0.25) is 0 Å². The van der Waals surface area contributed by atoms with E-state index in [9.17, 15) is 5.11 Å². The van der Waals surface area contributed by atoms with Crippen molar-refractivity contribution in [1.29, 1.82) is 0 Å². The summed E-state index contributed by atoms with van der Waals surface area (Å²) in [5.74, 6) is 1.36. The number of hydrogen-bond acceptors (Lipinski definition) is 4. The Kier molecular flexibility index (Phi) is 3.67. The SMILES string of the molecule is Cn1cc(C(O)c2cc(Br)c3c(c2)OCCCO3)cn1.